The zero-order chi connectivity index (χ0) is 18.2. The minimum atomic E-state index is -1.07. The van der Waals surface area contributed by atoms with Crippen LogP contribution in [-0.2, 0) is 11.2 Å². The second-order valence-electron chi connectivity index (χ2n) is 5.67. The number of benzene rings is 1. The summed E-state index contributed by atoms with van der Waals surface area (Å²) >= 11 is 0. The number of carbonyl (C=O) groups is 2. The van der Waals surface area contributed by atoms with Crippen molar-refractivity contribution in [1.82, 2.24) is 10.6 Å². The molecule has 1 amide bonds. The summed E-state index contributed by atoms with van der Waals surface area (Å²) in [5.41, 5.74) is 7.98. The number of dihydropyridines is 1. The van der Waals surface area contributed by atoms with Gasteiger partial charge in [-0.05, 0) is 18.1 Å². The summed E-state index contributed by atoms with van der Waals surface area (Å²) in [6.45, 7) is 0.974. The van der Waals surface area contributed by atoms with E-state index >= 15 is 0 Å². The summed E-state index contributed by atoms with van der Waals surface area (Å²) in [6, 6.07) is 7.49. The first-order chi connectivity index (χ1) is 12.0. The van der Waals surface area contributed by atoms with Gasteiger partial charge >= 0.3 is 7.48 Å². The molecule has 26 heavy (non-hydrogen) atoms. The molecule has 7 nitrogen and oxygen atoms in total. The number of nitrogens with two attached hydrogens (primary N) is 1. The van der Waals surface area contributed by atoms with Crippen LogP contribution in [-0.4, -0.2) is 48.5 Å². The number of amides is 1. The van der Waals surface area contributed by atoms with E-state index < -0.39 is 11.9 Å². The summed E-state index contributed by atoms with van der Waals surface area (Å²) in [4.78, 5) is 23.1. The maximum atomic E-state index is 12.1. The molecule has 1 aromatic carbocycles. The molecule has 6 N–H and O–H groups in total. The third kappa shape index (κ3) is 7.00. The number of aromatic carboxylic acids is 1. The molecule has 1 radical (unpaired) electrons. The Bertz CT molecular complexity index is 709. The van der Waals surface area contributed by atoms with Gasteiger partial charge in [0.25, 0.3) is 0 Å². The molecule has 9 heteroatoms. The number of carbonyl (C=O) groups excluding carboxylic acids is 1. The standard InChI is InChI=1S/C17H20BN3O4.U/c19-9-14-5-4-12(10-20-14)8-16(22)21-15(18-25)7-11-2-1-3-13(6-11)17(23)24;/h1-5,15,20,25H,7-10,19H2,(H,21,22)(H,23,24);/q-1;. The predicted octanol–water partition coefficient (Wildman–Crippen LogP) is -0.456. The van der Waals surface area contributed by atoms with Crippen LogP contribution in [0.5, 0.6) is 0 Å². The van der Waals surface area contributed by atoms with Gasteiger partial charge in [0.1, 0.15) is 0 Å². The Morgan fingerprint density at radius 3 is 2.73 bits per heavy atom. The van der Waals surface area contributed by atoms with Crippen molar-refractivity contribution in [2.24, 2.45) is 5.73 Å². The van der Waals surface area contributed by atoms with Gasteiger partial charge in [0.15, 0.2) is 0 Å². The number of carboxylic acid groups (broad SMARTS) is 1. The normalized spacial score (nSPS) is 14.1. The minimum absolute atomic E-state index is 0. The minimum Gasteiger partial charge on any atom is -0.521 e. The van der Waals surface area contributed by atoms with E-state index in [2.05, 4.69) is 16.7 Å². The zero-order valence-electron chi connectivity index (χ0n) is 14.2. The van der Waals surface area contributed by atoms with E-state index in [1.807, 2.05) is 12.2 Å². The van der Waals surface area contributed by atoms with Gasteiger partial charge < -0.3 is 31.3 Å². The maximum absolute atomic E-state index is 12.1. The summed E-state index contributed by atoms with van der Waals surface area (Å²) < 4.78 is 0. The quantitative estimate of drug-likeness (QED) is 0.210. The van der Waals surface area contributed by atoms with E-state index in [-0.39, 0.29) is 55.4 Å². The molecule has 1 unspecified atom stereocenters. The summed E-state index contributed by atoms with van der Waals surface area (Å²) in [5, 5.41) is 24.2. The first-order valence-corrected chi connectivity index (χ1v) is 7.85. The number of rotatable bonds is 8. The third-order valence-corrected chi connectivity index (χ3v) is 3.72. The third-order valence-electron chi connectivity index (χ3n) is 3.72. The van der Waals surface area contributed by atoms with Gasteiger partial charge in [0.2, 0.25) is 11.9 Å². The van der Waals surface area contributed by atoms with E-state index in [4.69, 9.17) is 10.8 Å². The van der Waals surface area contributed by atoms with Crippen LogP contribution in [0.25, 0.3) is 0 Å². The maximum Gasteiger partial charge on any atom is 0.312 e. The van der Waals surface area contributed by atoms with E-state index in [1.54, 1.807) is 12.1 Å². The number of hydrogen-bond donors (Lipinski definition) is 5. The smallest absolute Gasteiger partial charge is 0.312 e. The second kappa shape index (κ2) is 11.2. The molecule has 135 valence electrons. The predicted molar refractivity (Wildman–Crippen MR) is 93.7 cm³/mol. The molecule has 0 spiro atoms. The van der Waals surface area contributed by atoms with Gasteiger partial charge in [-0.25, -0.2) is 0 Å². The van der Waals surface area contributed by atoms with Crippen LogP contribution >= 0.6 is 0 Å². The van der Waals surface area contributed by atoms with Gasteiger partial charge in [-0.2, -0.15) is 0 Å². The van der Waals surface area contributed by atoms with Crippen molar-refractivity contribution in [3.05, 3.63) is 58.8 Å². The Morgan fingerprint density at radius 2 is 2.15 bits per heavy atom. The van der Waals surface area contributed by atoms with Gasteiger partial charge in [-0.15, -0.1) is 29.8 Å². The fourth-order valence-corrected chi connectivity index (χ4v) is 2.43. The van der Waals surface area contributed by atoms with Crippen molar-refractivity contribution in [1.29, 1.82) is 0 Å². The first-order valence-electron chi connectivity index (χ1n) is 7.85. The molecular formula is C17H20BN3O4U-. The molecule has 0 fully saturated rings. The fourth-order valence-electron chi connectivity index (χ4n) is 2.43. The molecule has 0 aromatic heterocycles. The Labute approximate surface area is 176 Å². The molecular weight excluding hydrogens is 559 g/mol. The van der Waals surface area contributed by atoms with Crippen LogP contribution in [0.15, 0.2) is 41.6 Å². The van der Waals surface area contributed by atoms with Crippen LogP contribution in [0.1, 0.15) is 22.3 Å². The topological polar surface area (TPSA) is 125 Å². The summed E-state index contributed by atoms with van der Waals surface area (Å²) in [6.07, 6.45) is 4.15. The molecule has 1 aliphatic heterocycles. The Morgan fingerprint density at radius 1 is 1.38 bits per heavy atom. The van der Waals surface area contributed by atoms with Crippen LogP contribution in [0.3, 0.4) is 0 Å². The molecule has 0 bridgehead atoms. The average molecular weight is 579 g/mol. The van der Waals surface area contributed by atoms with Crippen molar-refractivity contribution >= 4 is 19.4 Å². The van der Waals surface area contributed by atoms with E-state index in [0.29, 0.717) is 18.7 Å². The number of allylic oxidation sites excluding steroid dienone is 2. The van der Waals surface area contributed by atoms with Gasteiger partial charge in [-0.3, -0.25) is 4.79 Å². The Hall–Kier alpha value is -1.52. The van der Waals surface area contributed by atoms with Crippen LogP contribution in [0, 0.1) is 37.2 Å². The molecule has 2 rings (SSSR count). The van der Waals surface area contributed by atoms with Crippen LogP contribution in [0.4, 0.5) is 0 Å². The zero-order valence-corrected chi connectivity index (χ0v) is 18.3. The number of nitrogens with one attached hydrogen (secondary N) is 2. The number of carboxylic acids is 1. The van der Waals surface area contributed by atoms with Gasteiger partial charge in [-0.1, -0.05) is 11.6 Å². The summed E-state index contributed by atoms with van der Waals surface area (Å²) in [7, 11) is 0.888. The molecule has 0 saturated carbocycles. The van der Waals surface area contributed by atoms with Crippen molar-refractivity contribution in [3.63, 3.8) is 0 Å². The SMILES string of the molecule is NCC1=CC=C(CC(=O)NC([B]O)Cc2[c-]c(C(=O)O)ccc2)CN1.[U]. The monoisotopic (exact) mass is 579 g/mol. The second-order valence-corrected chi connectivity index (χ2v) is 5.67. The fraction of sp³-hybridized carbons (Fsp3) is 0.294. The van der Waals surface area contributed by atoms with Crippen LogP contribution in [0.2, 0.25) is 0 Å². The van der Waals surface area contributed by atoms with Crippen molar-refractivity contribution in [3.8, 4) is 0 Å². The largest absolute Gasteiger partial charge is 0.521 e. The van der Waals surface area contributed by atoms with E-state index in [0.717, 1.165) is 18.8 Å². The number of hydrogen-bond acceptors (Lipinski definition) is 5. The molecule has 1 heterocycles. The van der Waals surface area contributed by atoms with Crippen LogP contribution < -0.4 is 16.4 Å². The summed E-state index contributed by atoms with van der Waals surface area (Å²) in [5.74, 6) is -1.93. The molecule has 1 aliphatic rings. The van der Waals surface area contributed by atoms with Gasteiger partial charge in [0, 0.05) is 62.3 Å². The van der Waals surface area contributed by atoms with Crippen molar-refractivity contribution in [2.45, 2.75) is 18.8 Å². The van der Waals surface area contributed by atoms with Crippen molar-refractivity contribution < 1.29 is 50.8 Å². The average Bonchev–Trinajstić information content (AvgIpc) is 2.62. The van der Waals surface area contributed by atoms with E-state index in [1.165, 1.54) is 6.07 Å². The molecule has 1 aromatic rings. The molecule has 1 atom stereocenters. The van der Waals surface area contributed by atoms with Gasteiger partial charge in [0.05, 0.1) is 0 Å². The first kappa shape index (κ1) is 22.5. The Balaban J connectivity index is 0.00000338. The van der Waals surface area contributed by atoms with Crippen molar-refractivity contribution in [2.75, 3.05) is 13.1 Å². The Kier molecular flexibility index (Phi) is 9.74. The molecule has 0 aliphatic carbocycles. The molecule has 0 saturated heterocycles. The van der Waals surface area contributed by atoms with E-state index in [9.17, 15) is 14.6 Å².